The molecule has 0 heterocycles. The summed E-state index contributed by atoms with van der Waals surface area (Å²) in [4.78, 5) is 22.0. The first-order valence-corrected chi connectivity index (χ1v) is 6.38. The topological polar surface area (TPSA) is 95.2 Å². The van der Waals surface area contributed by atoms with Crippen LogP contribution in [0.4, 0.5) is 0 Å². The number of nitrogens with zero attached hydrogens (tertiary/aromatic N) is 1. The summed E-state index contributed by atoms with van der Waals surface area (Å²) in [6, 6.07) is -0.931. The van der Waals surface area contributed by atoms with Crippen LogP contribution in [0.25, 0.3) is 0 Å². The van der Waals surface area contributed by atoms with E-state index in [1.807, 2.05) is 0 Å². The number of hydrogen-bond acceptors (Lipinski definition) is 4. The molecule has 1 aliphatic rings. The Kier molecular flexibility index (Phi) is 8.58. The minimum atomic E-state index is -0.931. The van der Waals surface area contributed by atoms with Crippen LogP contribution < -0.4 is 6.15 Å². The summed E-state index contributed by atoms with van der Waals surface area (Å²) in [5.41, 5.74) is 0. The summed E-state index contributed by atoms with van der Waals surface area (Å²) in [7, 11) is 0. The van der Waals surface area contributed by atoms with Crippen LogP contribution in [-0.2, 0) is 4.79 Å². The molecule has 1 fully saturated rings. The third-order valence-electron chi connectivity index (χ3n) is 3.28. The fourth-order valence-electron chi connectivity index (χ4n) is 2.25. The molecule has 3 N–H and O–H groups in total. The second-order valence-corrected chi connectivity index (χ2v) is 4.63. The van der Waals surface area contributed by atoms with Crippen molar-refractivity contribution in [1.29, 1.82) is 0 Å². The van der Waals surface area contributed by atoms with Gasteiger partial charge < -0.3 is 6.15 Å². The average molecular weight is 244 g/mol. The first-order valence-electron chi connectivity index (χ1n) is 6.38. The van der Waals surface area contributed by atoms with Gasteiger partial charge in [0.2, 0.25) is 5.78 Å². The number of rotatable bonds is 1. The molecule has 1 rings (SSSR count). The zero-order valence-electron chi connectivity index (χ0n) is 10.5. The van der Waals surface area contributed by atoms with E-state index in [0.29, 0.717) is 12.8 Å². The van der Waals surface area contributed by atoms with E-state index in [4.69, 9.17) is 0 Å². The van der Waals surface area contributed by atoms with E-state index >= 15 is 0 Å². The van der Waals surface area contributed by atoms with Gasteiger partial charge in [0.1, 0.15) is 0 Å². The molecule has 0 amide bonds. The Balaban J connectivity index is 0.00000256. The molecule has 0 radical (unpaired) electrons. The lowest BCUT2D eigenvalue weighted by Gasteiger charge is -2.10. The molecule has 1 saturated carbocycles. The van der Waals surface area contributed by atoms with Gasteiger partial charge in [-0.05, 0) is 12.8 Å². The predicted molar refractivity (Wildman–Crippen MR) is 67.0 cm³/mol. The van der Waals surface area contributed by atoms with E-state index in [9.17, 15) is 14.9 Å². The summed E-state index contributed by atoms with van der Waals surface area (Å²) < 4.78 is 0. The molecule has 0 aromatic carbocycles. The summed E-state index contributed by atoms with van der Waals surface area (Å²) in [6.45, 7) is 0. The Hall–Kier alpha value is -0.970. The van der Waals surface area contributed by atoms with Gasteiger partial charge in [-0.1, -0.05) is 38.5 Å². The monoisotopic (exact) mass is 244 g/mol. The van der Waals surface area contributed by atoms with Crippen LogP contribution in [0.5, 0.6) is 0 Å². The van der Waals surface area contributed by atoms with Gasteiger partial charge in [-0.3, -0.25) is 14.9 Å². The van der Waals surface area contributed by atoms with E-state index in [1.165, 1.54) is 12.8 Å². The van der Waals surface area contributed by atoms with Crippen molar-refractivity contribution in [2.75, 3.05) is 0 Å². The summed E-state index contributed by atoms with van der Waals surface area (Å²) in [5.74, 6) is -0.162. The van der Waals surface area contributed by atoms with Crippen molar-refractivity contribution < 1.29 is 9.72 Å². The van der Waals surface area contributed by atoms with Gasteiger partial charge in [0.15, 0.2) is 0 Å². The number of hydrogen-bond donors (Lipinski definition) is 1. The minimum Gasteiger partial charge on any atom is -0.344 e. The van der Waals surface area contributed by atoms with Gasteiger partial charge in [-0.25, -0.2) is 0 Å². The minimum absolute atomic E-state index is 0. The SMILES string of the molecule is N.O=C1CCCCCCCCCCC1[N+](=O)[O-]. The Morgan fingerprint density at radius 3 is 1.94 bits per heavy atom. The molecule has 5 heteroatoms. The molecule has 0 spiro atoms. The Morgan fingerprint density at radius 1 is 0.941 bits per heavy atom. The van der Waals surface area contributed by atoms with Crippen LogP contribution in [0.3, 0.4) is 0 Å². The van der Waals surface area contributed by atoms with Crippen molar-refractivity contribution in [3.05, 3.63) is 10.1 Å². The third kappa shape index (κ3) is 6.36. The van der Waals surface area contributed by atoms with Crippen LogP contribution in [0.15, 0.2) is 0 Å². The van der Waals surface area contributed by atoms with Crippen LogP contribution in [0.1, 0.15) is 64.2 Å². The highest BCUT2D eigenvalue weighted by Gasteiger charge is 2.27. The lowest BCUT2D eigenvalue weighted by Crippen LogP contribution is -2.29. The van der Waals surface area contributed by atoms with Crippen molar-refractivity contribution in [3.8, 4) is 0 Å². The highest BCUT2D eigenvalue weighted by molar-refractivity contribution is 5.82. The maximum Gasteiger partial charge on any atom is 0.270 e. The quantitative estimate of drug-likeness (QED) is 0.565. The average Bonchev–Trinajstić information content (AvgIpc) is 2.22. The smallest absolute Gasteiger partial charge is 0.270 e. The number of Topliss-reactive ketones (excluding diaryl/α,β-unsaturated/α-hetero) is 1. The van der Waals surface area contributed by atoms with Crippen molar-refractivity contribution in [3.63, 3.8) is 0 Å². The lowest BCUT2D eigenvalue weighted by atomic mass is 9.97. The highest BCUT2D eigenvalue weighted by Crippen LogP contribution is 2.16. The molecule has 1 unspecified atom stereocenters. The molecule has 100 valence electrons. The molecular formula is C12H24N2O3. The summed E-state index contributed by atoms with van der Waals surface area (Å²) >= 11 is 0. The van der Waals surface area contributed by atoms with Gasteiger partial charge in [0, 0.05) is 17.8 Å². The zero-order valence-corrected chi connectivity index (χ0v) is 10.5. The normalized spacial score (nSPS) is 24.0. The number of carbonyl (C=O) groups is 1. The molecule has 17 heavy (non-hydrogen) atoms. The third-order valence-corrected chi connectivity index (χ3v) is 3.28. The highest BCUT2D eigenvalue weighted by atomic mass is 16.6. The maximum absolute atomic E-state index is 11.6. The van der Waals surface area contributed by atoms with Crippen LogP contribution in [0, 0.1) is 10.1 Å². The lowest BCUT2D eigenvalue weighted by molar-refractivity contribution is -0.508. The Labute approximate surface area is 103 Å². The van der Waals surface area contributed by atoms with Crippen molar-refractivity contribution >= 4 is 5.78 Å². The Bertz CT molecular complexity index is 244. The van der Waals surface area contributed by atoms with Crippen molar-refractivity contribution in [2.24, 2.45) is 0 Å². The second-order valence-electron chi connectivity index (χ2n) is 4.63. The van der Waals surface area contributed by atoms with Gasteiger partial charge in [-0.2, -0.15) is 0 Å². The molecule has 0 aromatic rings. The molecule has 5 nitrogen and oxygen atoms in total. The van der Waals surface area contributed by atoms with E-state index < -0.39 is 11.0 Å². The van der Waals surface area contributed by atoms with E-state index in [1.54, 1.807) is 0 Å². The van der Waals surface area contributed by atoms with E-state index in [-0.39, 0.29) is 11.9 Å². The summed E-state index contributed by atoms with van der Waals surface area (Å²) in [6.07, 6.45) is 9.32. The molecular weight excluding hydrogens is 220 g/mol. The fraction of sp³-hybridized carbons (Fsp3) is 0.917. The number of ketones is 1. The number of carbonyl (C=O) groups excluding carboxylic acids is 1. The van der Waals surface area contributed by atoms with E-state index in [2.05, 4.69) is 0 Å². The van der Waals surface area contributed by atoms with Crippen LogP contribution >= 0.6 is 0 Å². The Morgan fingerprint density at radius 2 is 1.41 bits per heavy atom. The zero-order chi connectivity index (χ0) is 11.8. The molecule has 0 aromatic heterocycles. The maximum atomic E-state index is 11.6. The standard InChI is InChI=1S/C12H21NO3.H3N/c14-12-10-8-6-4-2-1-3-5-7-9-11(12)13(15)16;/h11H,1-10H2;1H3. The molecule has 0 saturated heterocycles. The van der Waals surface area contributed by atoms with E-state index in [0.717, 1.165) is 38.5 Å². The molecule has 0 bridgehead atoms. The van der Waals surface area contributed by atoms with Crippen LogP contribution in [-0.4, -0.2) is 16.7 Å². The van der Waals surface area contributed by atoms with Crippen molar-refractivity contribution in [1.82, 2.24) is 6.15 Å². The van der Waals surface area contributed by atoms with Gasteiger partial charge >= 0.3 is 0 Å². The molecule has 1 aliphatic carbocycles. The summed E-state index contributed by atoms with van der Waals surface area (Å²) in [5, 5.41) is 10.8. The first-order chi connectivity index (χ1) is 7.72. The van der Waals surface area contributed by atoms with Gasteiger partial charge in [0.25, 0.3) is 6.04 Å². The molecule has 0 aliphatic heterocycles. The van der Waals surface area contributed by atoms with Crippen LogP contribution in [0.2, 0.25) is 0 Å². The molecule has 1 atom stereocenters. The predicted octanol–water partition coefficient (Wildman–Crippen LogP) is 3.28. The first kappa shape index (κ1) is 16.0. The fourth-order valence-corrected chi connectivity index (χ4v) is 2.25. The second kappa shape index (κ2) is 9.10. The van der Waals surface area contributed by atoms with Gasteiger partial charge in [0.05, 0.1) is 0 Å². The van der Waals surface area contributed by atoms with Gasteiger partial charge in [-0.15, -0.1) is 0 Å². The number of nitro groups is 1. The van der Waals surface area contributed by atoms with Crippen molar-refractivity contribution in [2.45, 2.75) is 70.3 Å². The largest absolute Gasteiger partial charge is 0.344 e.